The van der Waals surface area contributed by atoms with E-state index in [0.717, 1.165) is 18.0 Å². The Balaban J connectivity index is 1.76. The van der Waals surface area contributed by atoms with E-state index < -0.39 is 0 Å². The summed E-state index contributed by atoms with van der Waals surface area (Å²) in [6.07, 6.45) is 3.07. The summed E-state index contributed by atoms with van der Waals surface area (Å²) in [5, 5.41) is 2.99. The molecule has 1 aliphatic carbocycles. The van der Waals surface area contributed by atoms with Crippen LogP contribution in [0.1, 0.15) is 25.3 Å². The number of nitrogens with two attached hydrogens (primary N) is 1. The van der Waals surface area contributed by atoms with Crippen molar-refractivity contribution in [2.24, 2.45) is 11.8 Å². The fourth-order valence-corrected chi connectivity index (χ4v) is 2.06. The molecule has 92 valence electrons. The van der Waals surface area contributed by atoms with Crippen molar-refractivity contribution in [3.63, 3.8) is 0 Å². The highest BCUT2D eigenvalue weighted by atomic mass is 16.1. The molecule has 2 rings (SSSR count). The van der Waals surface area contributed by atoms with Gasteiger partial charge in [0.1, 0.15) is 0 Å². The van der Waals surface area contributed by atoms with Gasteiger partial charge in [0.15, 0.2) is 0 Å². The van der Waals surface area contributed by atoms with Crippen LogP contribution < -0.4 is 11.1 Å². The largest absolute Gasteiger partial charge is 0.399 e. The molecule has 1 aromatic rings. The summed E-state index contributed by atoms with van der Waals surface area (Å²) in [6.45, 7) is 3.00. The van der Waals surface area contributed by atoms with Crippen LogP contribution in [0.25, 0.3) is 0 Å². The highest BCUT2D eigenvalue weighted by Crippen LogP contribution is 2.36. The van der Waals surface area contributed by atoms with Crippen molar-refractivity contribution in [3.05, 3.63) is 29.8 Å². The van der Waals surface area contributed by atoms with Gasteiger partial charge in [-0.15, -0.1) is 0 Å². The minimum atomic E-state index is 0.0862. The molecule has 1 aromatic carbocycles. The molecule has 0 saturated heterocycles. The number of carbonyl (C=O) groups is 1. The topological polar surface area (TPSA) is 55.1 Å². The van der Waals surface area contributed by atoms with Crippen molar-refractivity contribution in [2.45, 2.75) is 26.2 Å². The van der Waals surface area contributed by atoms with Crippen LogP contribution in [-0.4, -0.2) is 12.5 Å². The molecule has 1 fully saturated rings. The first-order chi connectivity index (χ1) is 8.15. The number of amides is 1. The Kier molecular flexibility index (Phi) is 3.67. The third kappa shape index (κ3) is 3.77. The lowest BCUT2D eigenvalue weighted by atomic mass is 10.1. The minimum absolute atomic E-state index is 0.0862. The van der Waals surface area contributed by atoms with E-state index in [0.29, 0.717) is 18.0 Å². The fraction of sp³-hybridized carbons (Fsp3) is 0.500. The summed E-state index contributed by atoms with van der Waals surface area (Å²) in [5.74, 6) is 1.53. The summed E-state index contributed by atoms with van der Waals surface area (Å²) in [7, 11) is 0. The molecule has 0 heterocycles. The second kappa shape index (κ2) is 5.21. The average molecular weight is 232 g/mol. The first-order valence-electron chi connectivity index (χ1n) is 6.26. The molecule has 1 saturated carbocycles. The standard InChI is InChI=1S/C14H20N2O/c1-10(12-5-6-12)9-16-14(17)8-11-3-2-4-13(15)7-11/h2-4,7,10,12H,5-6,8-9,15H2,1H3,(H,16,17). The van der Waals surface area contributed by atoms with E-state index in [1.165, 1.54) is 12.8 Å². The summed E-state index contributed by atoms with van der Waals surface area (Å²) in [5.41, 5.74) is 7.36. The predicted octanol–water partition coefficient (Wildman–Crippen LogP) is 1.97. The zero-order chi connectivity index (χ0) is 12.3. The molecule has 0 bridgehead atoms. The number of rotatable bonds is 5. The number of carbonyl (C=O) groups excluding carboxylic acids is 1. The van der Waals surface area contributed by atoms with Crippen molar-refractivity contribution in [1.29, 1.82) is 0 Å². The van der Waals surface area contributed by atoms with E-state index in [-0.39, 0.29) is 5.91 Å². The van der Waals surface area contributed by atoms with Crippen LogP contribution in [0.15, 0.2) is 24.3 Å². The maximum absolute atomic E-state index is 11.7. The smallest absolute Gasteiger partial charge is 0.224 e. The van der Waals surface area contributed by atoms with E-state index in [9.17, 15) is 4.79 Å². The van der Waals surface area contributed by atoms with Crippen LogP contribution in [0.4, 0.5) is 5.69 Å². The Labute approximate surface area is 102 Å². The molecule has 3 N–H and O–H groups in total. The molecule has 3 heteroatoms. The molecule has 17 heavy (non-hydrogen) atoms. The van der Waals surface area contributed by atoms with Crippen LogP contribution in [-0.2, 0) is 11.2 Å². The molecule has 0 radical (unpaired) electrons. The zero-order valence-corrected chi connectivity index (χ0v) is 10.3. The zero-order valence-electron chi connectivity index (χ0n) is 10.3. The Morgan fingerprint density at radius 2 is 2.29 bits per heavy atom. The monoisotopic (exact) mass is 232 g/mol. The lowest BCUT2D eigenvalue weighted by Gasteiger charge is -2.11. The number of nitrogen functional groups attached to an aromatic ring is 1. The molecule has 1 atom stereocenters. The van der Waals surface area contributed by atoms with Crippen molar-refractivity contribution < 1.29 is 4.79 Å². The Morgan fingerprint density at radius 1 is 1.53 bits per heavy atom. The fourth-order valence-electron chi connectivity index (χ4n) is 2.06. The quantitative estimate of drug-likeness (QED) is 0.763. The van der Waals surface area contributed by atoms with Gasteiger partial charge in [0.05, 0.1) is 6.42 Å². The van der Waals surface area contributed by atoms with Crippen LogP contribution in [0.3, 0.4) is 0 Å². The van der Waals surface area contributed by atoms with Gasteiger partial charge in [-0.1, -0.05) is 19.1 Å². The lowest BCUT2D eigenvalue weighted by Crippen LogP contribution is -2.30. The average Bonchev–Trinajstić information content (AvgIpc) is 3.09. The van der Waals surface area contributed by atoms with Crippen molar-refractivity contribution in [2.75, 3.05) is 12.3 Å². The predicted molar refractivity (Wildman–Crippen MR) is 69.5 cm³/mol. The third-order valence-electron chi connectivity index (χ3n) is 3.36. The van der Waals surface area contributed by atoms with Crippen molar-refractivity contribution in [3.8, 4) is 0 Å². The van der Waals surface area contributed by atoms with E-state index in [4.69, 9.17) is 5.73 Å². The molecule has 1 unspecified atom stereocenters. The SMILES string of the molecule is CC(CNC(=O)Cc1cccc(N)c1)C1CC1. The molecule has 0 aliphatic heterocycles. The Morgan fingerprint density at radius 3 is 2.94 bits per heavy atom. The van der Waals surface area contributed by atoms with E-state index >= 15 is 0 Å². The number of benzene rings is 1. The summed E-state index contributed by atoms with van der Waals surface area (Å²) >= 11 is 0. The van der Waals surface area contributed by atoms with Gasteiger partial charge in [0, 0.05) is 12.2 Å². The van der Waals surface area contributed by atoms with Gasteiger partial charge in [-0.3, -0.25) is 4.79 Å². The van der Waals surface area contributed by atoms with Crippen LogP contribution in [0, 0.1) is 11.8 Å². The lowest BCUT2D eigenvalue weighted by molar-refractivity contribution is -0.120. The third-order valence-corrected chi connectivity index (χ3v) is 3.36. The first kappa shape index (κ1) is 12.0. The molecule has 0 spiro atoms. The normalized spacial score (nSPS) is 16.5. The van der Waals surface area contributed by atoms with Gasteiger partial charge in [0.25, 0.3) is 0 Å². The second-order valence-electron chi connectivity index (χ2n) is 5.04. The van der Waals surface area contributed by atoms with Gasteiger partial charge in [0.2, 0.25) is 5.91 Å². The van der Waals surface area contributed by atoms with Crippen LogP contribution in [0.5, 0.6) is 0 Å². The molecule has 3 nitrogen and oxygen atoms in total. The maximum atomic E-state index is 11.7. The van der Waals surface area contributed by atoms with Gasteiger partial charge < -0.3 is 11.1 Å². The Hall–Kier alpha value is -1.51. The number of nitrogens with one attached hydrogen (secondary N) is 1. The molecular formula is C14H20N2O. The van der Waals surface area contributed by atoms with Gasteiger partial charge >= 0.3 is 0 Å². The minimum Gasteiger partial charge on any atom is -0.399 e. The Bertz CT molecular complexity index is 399. The number of hydrogen-bond donors (Lipinski definition) is 2. The summed E-state index contributed by atoms with van der Waals surface area (Å²) in [6, 6.07) is 7.49. The summed E-state index contributed by atoms with van der Waals surface area (Å²) < 4.78 is 0. The maximum Gasteiger partial charge on any atom is 0.224 e. The van der Waals surface area contributed by atoms with E-state index in [1.54, 1.807) is 0 Å². The van der Waals surface area contributed by atoms with Gasteiger partial charge in [-0.05, 0) is 42.4 Å². The second-order valence-corrected chi connectivity index (χ2v) is 5.04. The molecular weight excluding hydrogens is 212 g/mol. The summed E-state index contributed by atoms with van der Waals surface area (Å²) in [4.78, 5) is 11.7. The number of hydrogen-bond acceptors (Lipinski definition) is 2. The van der Waals surface area contributed by atoms with Crippen molar-refractivity contribution >= 4 is 11.6 Å². The van der Waals surface area contributed by atoms with E-state index in [2.05, 4.69) is 12.2 Å². The van der Waals surface area contributed by atoms with Crippen LogP contribution >= 0.6 is 0 Å². The molecule has 1 aliphatic rings. The van der Waals surface area contributed by atoms with Crippen LogP contribution in [0.2, 0.25) is 0 Å². The van der Waals surface area contributed by atoms with Crippen molar-refractivity contribution in [1.82, 2.24) is 5.32 Å². The molecule has 0 aromatic heterocycles. The van der Waals surface area contributed by atoms with Gasteiger partial charge in [-0.2, -0.15) is 0 Å². The highest BCUT2D eigenvalue weighted by molar-refractivity contribution is 5.78. The van der Waals surface area contributed by atoms with E-state index in [1.807, 2.05) is 24.3 Å². The van der Waals surface area contributed by atoms with Gasteiger partial charge in [-0.25, -0.2) is 0 Å². The molecule has 1 amide bonds. The highest BCUT2D eigenvalue weighted by Gasteiger charge is 2.27. The number of anilines is 1. The first-order valence-corrected chi connectivity index (χ1v) is 6.26.